The van der Waals surface area contributed by atoms with Gasteiger partial charge in [0.1, 0.15) is 0 Å². The fourth-order valence-corrected chi connectivity index (χ4v) is 2.73. The third kappa shape index (κ3) is 3.92. The molecule has 0 radical (unpaired) electrons. The summed E-state index contributed by atoms with van der Waals surface area (Å²) in [6.45, 7) is 4.38. The molecule has 0 saturated heterocycles. The van der Waals surface area contributed by atoms with Gasteiger partial charge in [0.2, 0.25) is 5.91 Å². The van der Waals surface area contributed by atoms with Crippen LogP contribution in [-0.2, 0) is 4.79 Å². The normalized spacial score (nSPS) is 10.2. The van der Waals surface area contributed by atoms with Gasteiger partial charge in [-0.2, -0.15) is 0 Å². The van der Waals surface area contributed by atoms with Gasteiger partial charge in [-0.3, -0.25) is 9.59 Å². The van der Waals surface area contributed by atoms with Gasteiger partial charge in [-0.1, -0.05) is 24.3 Å². The van der Waals surface area contributed by atoms with E-state index in [0.29, 0.717) is 18.0 Å². The molecule has 0 saturated carbocycles. The first-order valence-electron chi connectivity index (χ1n) is 6.75. The number of hydrogen-bond acceptors (Lipinski definition) is 3. The molecular weight excluding hydrogens is 284 g/mol. The Morgan fingerprint density at radius 3 is 2.57 bits per heavy atom. The van der Waals surface area contributed by atoms with Crippen LogP contribution in [0.3, 0.4) is 0 Å². The molecule has 5 heteroatoms. The molecule has 2 rings (SSSR count). The number of hydrogen-bond donors (Lipinski definition) is 1. The largest absolute Gasteiger partial charge is 0.350 e. The number of amides is 2. The Morgan fingerprint density at radius 1 is 1.19 bits per heavy atom. The van der Waals surface area contributed by atoms with Crippen molar-refractivity contribution in [3.8, 4) is 0 Å². The maximum Gasteiger partial charge on any atom is 0.261 e. The van der Waals surface area contributed by atoms with Crippen LogP contribution < -0.4 is 10.2 Å². The molecule has 110 valence electrons. The van der Waals surface area contributed by atoms with Gasteiger partial charge in [0, 0.05) is 25.7 Å². The first-order valence-corrected chi connectivity index (χ1v) is 7.63. The highest BCUT2D eigenvalue weighted by molar-refractivity contribution is 7.12. The second-order valence-corrected chi connectivity index (χ2v) is 5.64. The number of aryl methyl sites for hydroxylation is 1. The minimum Gasteiger partial charge on any atom is -0.350 e. The van der Waals surface area contributed by atoms with Gasteiger partial charge < -0.3 is 10.2 Å². The molecule has 0 aliphatic heterocycles. The van der Waals surface area contributed by atoms with Gasteiger partial charge in [-0.05, 0) is 30.0 Å². The zero-order chi connectivity index (χ0) is 15.2. The van der Waals surface area contributed by atoms with E-state index in [4.69, 9.17) is 0 Å². The minimum absolute atomic E-state index is 0.0327. The van der Waals surface area contributed by atoms with E-state index in [-0.39, 0.29) is 11.8 Å². The zero-order valence-electron chi connectivity index (χ0n) is 12.1. The first-order chi connectivity index (χ1) is 10.1. The van der Waals surface area contributed by atoms with Gasteiger partial charge in [0.15, 0.2) is 0 Å². The van der Waals surface area contributed by atoms with E-state index in [2.05, 4.69) is 5.32 Å². The lowest BCUT2D eigenvalue weighted by Crippen LogP contribution is -2.37. The molecular formula is C16H18N2O2S. The highest BCUT2D eigenvalue weighted by atomic mass is 32.1. The van der Waals surface area contributed by atoms with Crippen molar-refractivity contribution in [1.82, 2.24) is 5.32 Å². The average molecular weight is 302 g/mol. The highest BCUT2D eigenvalue weighted by Gasteiger charge is 2.14. The second kappa shape index (κ2) is 7.04. The summed E-state index contributed by atoms with van der Waals surface area (Å²) in [4.78, 5) is 26.0. The van der Waals surface area contributed by atoms with Crippen LogP contribution in [0.4, 0.5) is 5.69 Å². The van der Waals surface area contributed by atoms with Crippen molar-refractivity contribution in [3.05, 3.63) is 52.2 Å². The van der Waals surface area contributed by atoms with E-state index in [1.54, 1.807) is 11.0 Å². The van der Waals surface area contributed by atoms with Crippen LogP contribution in [0.2, 0.25) is 0 Å². The van der Waals surface area contributed by atoms with Crippen molar-refractivity contribution in [1.29, 1.82) is 0 Å². The van der Waals surface area contributed by atoms with Crippen LogP contribution in [0, 0.1) is 6.92 Å². The number of anilines is 1. The van der Waals surface area contributed by atoms with Crippen LogP contribution in [0.15, 0.2) is 41.8 Å². The van der Waals surface area contributed by atoms with Crippen LogP contribution in [-0.4, -0.2) is 24.9 Å². The predicted octanol–water partition coefficient (Wildman–Crippen LogP) is 2.84. The Hall–Kier alpha value is -2.14. The molecule has 1 N–H and O–H groups in total. The molecule has 0 spiro atoms. The van der Waals surface area contributed by atoms with E-state index in [0.717, 1.165) is 11.3 Å². The number of nitrogens with one attached hydrogen (secondary N) is 1. The summed E-state index contributed by atoms with van der Waals surface area (Å²) in [7, 11) is 0. The van der Waals surface area contributed by atoms with Gasteiger partial charge in [0.05, 0.1) is 4.88 Å². The Bertz CT molecular complexity index is 623. The van der Waals surface area contributed by atoms with E-state index >= 15 is 0 Å². The summed E-state index contributed by atoms with van der Waals surface area (Å²) in [5.74, 6) is -0.132. The summed E-state index contributed by atoms with van der Waals surface area (Å²) in [5, 5.41) is 4.70. The maximum atomic E-state index is 11.9. The fourth-order valence-electron chi connectivity index (χ4n) is 2.09. The zero-order valence-corrected chi connectivity index (χ0v) is 12.9. The Labute approximate surface area is 128 Å². The van der Waals surface area contributed by atoms with Crippen LogP contribution in [0.25, 0.3) is 0 Å². The van der Waals surface area contributed by atoms with Gasteiger partial charge in [0.25, 0.3) is 5.91 Å². The summed E-state index contributed by atoms with van der Waals surface area (Å²) in [6.07, 6.45) is 0. The number of benzene rings is 1. The standard InChI is InChI=1S/C16H18N2O2S/c1-12-6-3-4-7-14(12)18(13(2)19)10-9-17-16(20)15-8-5-11-21-15/h3-8,11H,9-10H2,1-2H3,(H,17,20). The van der Waals surface area contributed by atoms with Gasteiger partial charge in [-0.15, -0.1) is 11.3 Å². The molecule has 4 nitrogen and oxygen atoms in total. The smallest absolute Gasteiger partial charge is 0.261 e. The number of carbonyl (C=O) groups excluding carboxylic acids is 2. The first kappa shape index (κ1) is 15.3. The number of rotatable bonds is 5. The maximum absolute atomic E-state index is 11.9. The lowest BCUT2D eigenvalue weighted by Gasteiger charge is -2.23. The SMILES string of the molecule is CC(=O)N(CCNC(=O)c1cccs1)c1ccccc1C. The van der Waals surface area contributed by atoms with E-state index in [1.807, 2.05) is 42.6 Å². The fraction of sp³-hybridized carbons (Fsp3) is 0.250. The molecule has 0 unspecified atom stereocenters. The van der Waals surface area contributed by atoms with Crippen molar-refractivity contribution in [2.75, 3.05) is 18.0 Å². The molecule has 1 aromatic carbocycles. The van der Waals surface area contributed by atoms with Crippen molar-refractivity contribution in [2.24, 2.45) is 0 Å². The topological polar surface area (TPSA) is 49.4 Å². The third-order valence-corrected chi connectivity index (χ3v) is 4.02. The van der Waals surface area contributed by atoms with Gasteiger partial charge in [-0.25, -0.2) is 0 Å². The van der Waals surface area contributed by atoms with Crippen LogP contribution >= 0.6 is 11.3 Å². The second-order valence-electron chi connectivity index (χ2n) is 4.69. The molecule has 1 heterocycles. The lowest BCUT2D eigenvalue weighted by molar-refractivity contribution is -0.116. The average Bonchev–Trinajstić information content (AvgIpc) is 2.98. The Morgan fingerprint density at radius 2 is 1.95 bits per heavy atom. The van der Waals surface area contributed by atoms with Crippen molar-refractivity contribution >= 4 is 28.8 Å². The number of thiophene rings is 1. The summed E-state index contributed by atoms with van der Waals surface area (Å²) < 4.78 is 0. The minimum atomic E-state index is -0.0988. The molecule has 0 bridgehead atoms. The quantitative estimate of drug-likeness (QED) is 0.923. The monoisotopic (exact) mass is 302 g/mol. The molecule has 21 heavy (non-hydrogen) atoms. The van der Waals surface area contributed by atoms with Crippen LogP contribution in [0.1, 0.15) is 22.2 Å². The summed E-state index contributed by atoms with van der Waals surface area (Å²) in [5.41, 5.74) is 1.92. The lowest BCUT2D eigenvalue weighted by atomic mass is 10.2. The molecule has 1 aromatic heterocycles. The van der Waals surface area contributed by atoms with E-state index in [1.165, 1.54) is 18.3 Å². The molecule has 0 atom stereocenters. The highest BCUT2D eigenvalue weighted by Crippen LogP contribution is 2.19. The third-order valence-electron chi connectivity index (χ3n) is 3.15. The predicted molar refractivity (Wildman–Crippen MR) is 85.9 cm³/mol. The number of nitrogens with zero attached hydrogens (tertiary/aromatic N) is 1. The number of para-hydroxylation sites is 1. The molecule has 0 aliphatic rings. The Balaban J connectivity index is 1.97. The van der Waals surface area contributed by atoms with E-state index < -0.39 is 0 Å². The van der Waals surface area contributed by atoms with Gasteiger partial charge >= 0.3 is 0 Å². The van der Waals surface area contributed by atoms with Crippen molar-refractivity contribution in [3.63, 3.8) is 0 Å². The summed E-state index contributed by atoms with van der Waals surface area (Å²) >= 11 is 1.40. The number of carbonyl (C=O) groups is 2. The van der Waals surface area contributed by atoms with Crippen LogP contribution in [0.5, 0.6) is 0 Å². The molecule has 0 fully saturated rings. The summed E-state index contributed by atoms with van der Waals surface area (Å²) in [6, 6.07) is 11.4. The van der Waals surface area contributed by atoms with E-state index in [9.17, 15) is 9.59 Å². The molecule has 2 amide bonds. The molecule has 0 aliphatic carbocycles. The van der Waals surface area contributed by atoms with Crippen molar-refractivity contribution in [2.45, 2.75) is 13.8 Å². The Kier molecular flexibility index (Phi) is 5.11. The molecule has 2 aromatic rings. The van der Waals surface area contributed by atoms with Crippen molar-refractivity contribution < 1.29 is 9.59 Å².